The van der Waals surface area contributed by atoms with Gasteiger partial charge in [0, 0.05) is 35.7 Å². The van der Waals surface area contributed by atoms with Crippen molar-refractivity contribution in [1.82, 2.24) is 0 Å². The van der Waals surface area contributed by atoms with Crippen molar-refractivity contribution in [3.05, 3.63) is 88.0 Å². The molecule has 0 spiro atoms. The minimum absolute atomic E-state index is 0.0385. The molecule has 2 fully saturated rings. The molecule has 0 bridgehead atoms. The van der Waals surface area contributed by atoms with Crippen molar-refractivity contribution in [1.29, 1.82) is 0 Å². The van der Waals surface area contributed by atoms with Crippen LogP contribution in [-0.4, -0.2) is 18.3 Å². The third-order valence-electron chi connectivity index (χ3n) is 10.9. The van der Waals surface area contributed by atoms with E-state index in [2.05, 4.69) is 30.4 Å². The van der Waals surface area contributed by atoms with E-state index in [-0.39, 0.29) is 18.4 Å². The van der Waals surface area contributed by atoms with Crippen LogP contribution in [0.5, 0.6) is 0 Å². The number of allylic oxidation sites excluding steroid dienone is 2. The van der Waals surface area contributed by atoms with E-state index in [1.165, 1.54) is 41.8 Å². The fourth-order valence-corrected chi connectivity index (χ4v) is 8.19. The van der Waals surface area contributed by atoms with E-state index < -0.39 is 11.7 Å². The number of fused-ring (bicyclic) bond motifs is 3. The van der Waals surface area contributed by atoms with E-state index in [9.17, 15) is 22.8 Å². The Morgan fingerprint density at radius 1 is 0.978 bits per heavy atom. The molecular weight excluding hydrogens is 587 g/mol. The number of anilines is 1. The van der Waals surface area contributed by atoms with Gasteiger partial charge in [0.1, 0.15) is 6.61 Å². The van der Waals surface area contributed by atoms with Crippen LogP contribution in [0.4, 0.5) is 18.9 Å². The Labute approximate surface area is 270 Å². The normalized spacial score (nSPS) is 25.0. The molecule has 6 rings (SSSR count). The molecule has 2 aromatic carbocycles. The molecule has 0 radical (unpaired) electrons. The number of hydrogen-bond acceptors (Lipinski definition) is 4. The predicted molar refractivity (Wildman–Crippen MR) is 174 cm³/mol. The molecule has 0 saturated heterocycles. The van der Waals surface area contributed by atoms with Crippen LogP contribution < -0.4 is 5.32 Å². The molecule has 2 aromatic rings. The molecule has 7 heteroatoms. The van der Waals surface area contributed by atoms with Gasteiger partial charge in [0.05, 0.1) is 5.56 Å². The van der Waals surface area contributed by atoms with E-state index in [0.717, 1.165) is 75.6 Å². The number of ketones is 1. The summed E-state index contributed by atoms with van der Waals surface area (Å²) in [5, 5.41) is 3.54. The number of esters is 1. The minimum Gasteiger partial charge on any atom is -0.457 e. The van der Waals surface area contributed by atoms with Gasteiger partial charge in [-0.25, -0.2) is 4.79 Å². The zero-order valence-corrected chi connectivity index (χ0v) is 26.8. The average Bonchev–Trinajstić information content (AvgIpc) is 3.73. The second-order valence-electron chi connectivity index (χ2n) is 14.0. The standard InChI is InChI=1S/C39H46F3NO3/c1-2-28(29-5-3-6-30(13-12-29)38(45)46-24-25-10-15-33(16-11-25)39(40,41)42)20-26-8-9-27(19-26)21-37(44)32-14-17-36-35(23-32)34-22-31(34)7-4-18-43-36/h6-7,10-11,14-17,23,26-29,34,43H,2-5,8-9,12-13,18-22,24H2,1H3. The zero-order chi connectivity index (χ0) is 32.3. The molecule has 4 nitrogen and oxygen atoms in total. The van der Waals surface area contributed by atoms with Gasteiger partial charge >= 0.3 is 12.1 Å². The number of nitrogens with one attached hydrogen (secondary N) is 1. The number of alkyl halides is 3. The summed E-state index contributed by atoms with van der Waals surface area (Å²) in [4.78, 5) is 26.2. The van der Waals surface area contributed by atoms with Crippen molar-refractivity contribution in [2.75, 3.05) is 11.9 Å². The monoisotopic (exact) mass is 633 g/mol. The fraction of sp³-hybridized carbons (Fsp3) is 0.538. The molecule has 3 aliphatic carbocycles. The Kier molecular flexibility index (Phi) is 10.0. The smallest absolute Gasteiger partial charge is 0.416 e. The Balaban J connectivity index is 0.955. The first-order chi connectivity index (χ1) is 22.2. The van der Waals surface area contributed by atoms with Gasteiger partial charge in [0.25, 0.3) is 0 Å². The van der Waals surface area contributed by atoms with Gasteiger partial charge in [-0.1, -0.05) is 49.6 Å². The summed E-state index contributed by atoms with van der Waals surface area (Å²) in [5.74, 6) is 2.64. The maximum absolute atomic E-state index is 13.4. The summed E-state index contributed by atoms with van der Waals surface area (Å²) in [7, 11) is 0. The maximum atomic E-state index is 13.4. The predicted octanol–water partition coefficient (Wildman–Crippen LogP) is 10.2. The molecule has 4 aliphatic rings. The first-order valence-corrected chi connectivity index (χ1v) is 17.3. The summed E-state index contributed by atoms with van der Waals surface area (Å²) >= 11 is 0. The highest BCUT2D eigenvalue weighted by Gasteiger charge is 2.35. The minimum atomic E-state index is -4.38. The third-order valence-corrected chi connectivity index (χ3v) is 10.9. The lowest BCUT2D eigenvalue weighted by atomic mass is 9.78. The van der Waals surface area contributed by atoms with Crippen LogP contribution in [0, 0.1) is 23.7 Å². The largest absolute Gasteiger partial charge is 0.457 e. The zero-order valence-electron chi connectivity index (χ0n) is 26.8. The molecule has 0 aromatic heterocycles. The summed E-state index contributed by atoms with van der Waals surface area (Å²) < 4.78 is 44.0. The lowest BCUT2D eigenvalue weighted by molar-refractivity contribution is -0.141. The molecule has 2 saturated carbocycles. The second kappa shape index (κ2) is 14.2. The van der Waals surface area contributed by atoms with E-state index in [1.54, 1.807) is 0 Å². The molecule has 1 heterocycles. The van der Waals surface area contributed by atoms with Gasteiger partial charge in [-0.2, -0.15) is 13.2 Å². The number of Topliss-reactive ketones (excluding diaryl/α,β-unsaturated/α-hetero) is 1. The van der Waals surface area contributed by atoms with Crippen LogP contribution in [0.3, 0.4) is 0 Å². The van der Waals surface area contributed by atoms with Gasteiger partial charge in [-0.05, 0) is 123 Å². The highest BCUT2D eigenvalue weighted by molar-refractivity contribution is 5.97. The van der Waals surface area contributed by atoms with Crippen LogP contribution >= 0.6 is 0 Å². The topological polar surface area (TPSA) is 55.4 Å². The Hall–Kier alpha value is -3.35. The van der Waals surface area contributed by atoms with E-state index in [4.69, 9.17) is 4.74 Å². The van der Waals surface area contributed by atoms with Gasteiger partial charge in [0.15, 0.2) is 5.78 Å². The highest BCUT2D eigenvalue weighted by Crippen LogP contribution is 2.50. The summed E-state index contributed by atoms with van der Waals surface area (Å²) in [6.07, 6.45) is 12.0. The third kappa shape index (κ3) is 7.95. The Bertz CT molecular complexity index is 1470. The van der Waals surface area contributed by atoms with Gasteiger partial charge in [-0.3, -0.25) is 4.79 Å². The van der Waals surface area contributed by atoms with E-state index in [1.807, 2.05) is 12.1 Å². The van der Waals surface area contributed by atoms with E-state index in [0.29, 0.717) is 53.6 Å². The molecular formula is C39H46F3NO3. The van der Waals surface area contributed by atoms with Crippen LogP contribution in [0.1, 0.15) is 117 Å². The van der Waals surface area contributed by atoms with Crippen molar-refractivity contribution >= 4 is 17.4 Å². The van der Waals surface area contributed by atoms with Gasteiger partial charge in [0.2, 0.25) is 0 Å². The van der Waals surface area contributed by atoms with Crippen molar-refractivity contribution in [3.63, 3.8) is 0 Å². The number of carbonyl (C=O) groups excluding carboxylic acids is 2. The van der Waals surface area contributed by atoms with Crippen molar-refractivity contribution in [2.45, 2.75) is 103 Å². The Morgan fingerprint density at radius 2 is 1.78 bits per heavy atom. The number of rotatable bonds is 10. The molecule has 5 atom stereocenters. The van der Waals surface area contributed by atoms with Crippen molar-refractivity contribution in [3.8, 4) is 0 Å². The van der Waals surface area contributed by atoms with Gasteiger partial charge in [-0.15, -0.1) is 0 Å². The molecule has 1 N–H and O–H groups in total. The SMILES string of the molecule is CCC(CC1CCC(CC(=O)c2ccc3c(c2)C2CC2=CCCN3)C1)C1CCC=C(C(=O)OCc2ccc(C(F)(F)F)cc2)CC1. The number of carbonyl (C=O) groups is 2. The first kappa shape index (κ1) is 32.6. The summed E-state index contributed by atoms with van der Waals surface area (Å²) in [6, 6.07) is 11.0. The summed E-state index contributed by atoms with van der Waals surface area (Å²) in [6.45, 7) is 3.18. The van der Waals surface area contributed by atoms with Crippen molar-refractivity contribution in [2.24, 2.45) is 23.7 Å². The van der Waals surface area contributed by atoms with Gasteiger partial charge < -0.3 is 10.1 Å². The lowest BCUT2D eigenvalue weighted by Crippen LogP contribution is -2.18. The number of hydrogen-bond donors (Lipinski definition) is 1. The number of benzene rings is 2. The van der Waals surface area contributed by atoms with Crippen LogP contribution in [0.2, 0.25) is 0 Å². The van der Waals surface area contributed by atoms with Crippen molar-refractivity contribution < 1.29 is 27.5 Å². The maximum Gasteiger partial charge on any atom is 0.416 e. The lowest BCUT2D eigenvalue weighted by Gasteiger charge is -2.28. The molecule has 246 valence electrons. The Morgan fingerprint density at radius 3 is 2.57 bits per heavy atom. The number of halogens is 3. The molecule has 5 unspecified atom stereocenters. The molecule has 1 aliphatic heterocycles. The molecule has 46 heavy (non-hydrogen) atoms. The molecule has 0 amide bonds. The van der Waals surface area contributed by atoms with Crippen LogP contribution in [0.15, 0.2) is 65.8 Å². The first-order valence-electron chi connectivity index (χ1n) is 17.3. The summed E-state index contributed by atoms with van der Waals surface area (Å²) in [5.41, 5.74) is 5.37. The fourth-order valence-electron chi connectivity index (χ4n) is 8.19. The van der Waals surface area contributed by atoms with Crippen LogP contribution in [0.25, 0.3) is 0 Å². The van der Waals surface area contributed by atoms with E-state index >= 15 is 0 Å². The van der Waals surface area contributed by atoms with Crippen LogP contribution in [-0.2, 0) is 22.3 Å². The quantitative estimate of drug-likeness (QED) is 0.161. The second-order valence-corrected chi connectivity index (χ2v) is 14.0. The number of ether oxygens (including phenoxy) is 1. The highest BCUT2D eigenvalue weighted by atomic mass is 19.4. The average molecular weight is 634 g/mol.